The molecule has 1 aliphatic heterocycles. The van der Waals surface area contributed by atoms with Gasteiger partial charge in [-0.3, -0.25) is 4.79 Å². The fraction of sp³-hybridized carbons (Fsp3) is 0.364. The van der Waals surface area contributed by atoms with Crippen LogP contribution in [0.1, 0.15) is 20.2 Å². The molecule has 8 heteroatoms. The van der Waals surface area contributed by atoms with Gasteiger partial charge in [-0.05, 0) is 18.5 Å². The fourth-order valence-electron chi connectivity index (χ4n) is 1.67. The maximum absolute atomic E-state index is 12.1. The third-order valence-corrected chi connectivity index (χ3v) is 4.42. The van der Waals surface area contributed by atoms with Gasteiger partial charge in [-0.15, -0.1) is 16.4 Å². The Morgan fingerprint density at radius 2 is 2.32 bits per heavy atom. The Balaban J connectivity index is 1.71. The van der Waals surface area contributed by atoms with Crippen molar-refractivity contribution in [2.24, 2.45) is 0 Å². The Morgan fingerprint density at radius 1 is 1.47 bits per heavy atom. The van der Waals surface area contributed by atoms with E-state index in [1.54, 1.807) is 5.38 Å². The van der Waals surface area contributed by atoms with E-state index in [-0.39, 0.29) is 5.91 Å². The van der Waals surface area contributed by atoms with Gasteiger partial charge < -0.3 is 14.8 Å². The second-order valence-corrected chi connectivity index (χ2v) is 5.64. The molecule has 0 bridgehead atoms. The highest BCUT2D eigenvalue weighted by atomic mass is 32.1. The molecule has 0 saturated carbocycles. The van der Waals surface area contributed by atoms with Gasteiger partial charge in [0.1, 0.15) is 18.1 Å². The van der Waals surface area contributed by atoms with Crippen LogP contribution in [0.3, 0.4) is 0 Å². The summed E-state index contributed by atoms with van der Waals surface area (Å²) < 4.78 is 14.7. The molecule has 0 unspecified atom stereocenters. The number of carbonyl (C=O) groups is 1. The van der Waals surface area contributed by atoms with Gasteiger partial charge in [0.15, 0.2) is 11.5 Å². The van der Waals surface area contributed by atoms with Crippen molar-refractivity contribution in [2.75, 3.05) is 13.2 Å². The number of nitrogens with zero attached hydrogens (tertiary/aromatic N) is 2. The topological polar surface area (TPSA) is 73.3 Å². The molecule has 0 radical (unpaired) electrons. The number of ether oxygens (including phenoxy) is 2. The first-order valence-electron chi connectivity index (χ1n) is 5.69. The molecule has 100 valence electrons. The largest absolute Gasteiger partial charge is 0.485 e. The number of amides is 1. The van der Waals surface area contributed by atoms with Crippen molar-refractivity contribution in [1.29, 1.82) is 0 Å². The zero-order valence-electron chi connectivity index (χ0n) is 10.1. The monoisotopic (exact) mass is 297 g/mol. The van der Waals surface area contributed by atoms with E-state index >= 15 is 0 Å². The lowest BCUT2D eigenvalue weighted by molar-refractivity contribution is 0.0946. The molecule has 3 heterocycles. The van der Waals surface area contributed by atoms with Crippen molar-refractivity contribution in [3.8, 4) is 11.5 Å². The van der Waals surface area contributed by atoms with Crippen LogP contribution in [0.5, 0.6) is 11.5 Å². The summed E-state index contributed by atoms with van der Waals surface area (Å²) in [5, 5.41) is 8.54. The van der Waals surface area contributed by atoms with E-state index in [1.807, 2.05) is 6.92 Å². The Morgan fingerprint density at radius 3 is 3.11 bits per heavy atom. The van der Waals surface area contributed by atoms with Crippen molar-refractivity contribution in [3.05, 3.63) is 20.8 Å². The summed E-state index contributed by atoms with van der Waals surface area (Å²) in [5.74, 6) is 1.04. The zero-order chi connectivity index (χ0) is 13.2. The van der Waals surface area contributed by atoms with Gasteiger partial charge in [0.2, 0.25) is 0 Å². The molecule has 6 nitrogen and oxygen atoms in total. The lowest BCUT2D eigenvalue weighted by Crippen LogP contribution is -2.23. The molecule has 0 atom stereocenters. The molecular formula is C11H11N3O3S2. The molecule has 0 spiro atoms. The highest BCUT2D eigenvalue weighted by Gasteiger charge is 2.23. The zero-order valence-corrected chi connectivity index (χ0v) is 11.8. The van der Waals surface area contributed by atoms with Crippen molar-refractivity contribution in [3.63, 3.8) is 0 Å². The van der Waals surface area contributed by atoms with Crippen LogP contribution >= 0.6 is 22.9 Å². The Kier molecular flexibility index (Phi) is 3.34. The van der Waals surface area contributed by atoms with Crippen LogP contribution in [0.2, 0.25) is 0 Å². The SMILES string of the molecule is Cc1nnsc1CNC(=O)c1scc2c1OCCO2. The standard InChI is InChI=1S/C11H11N3O3S2/c1-6-8(19-14-13-6)4-12-11(15)10-9-7(5-18-10)16-2-3-17-9/h5H,2-4H2,1H3,(H,12,15). The summed E-state index contributed by atoms with van der Waals surface area (Å²) in [6.45, 7) is 3.29. The van der Waals surface area contributed by atoms with Gasteiger partial charge in [-0.1, -0.05) is 4.49 Å². The lowest BCUT2D eigenvalue weighted by Gasteiger charge is -2.15. The molecule has 0 saturated heterocycles. The number of rotatable bonds is 3. The molecule has 0 aromatic carbocycles. The first-order valence-corrected chi connectivity index (χ1v) is 7.34. The molecule has 0 fully saturated rings. The van der Waals surface area contributed by atoms with Gasteiger partial charge in [0, 0.05) is 5.38 Å². The third kappa shape index (κ3) is 2.41. The average molecular weight is 297 g/mol. The molecule has 2 aromatic heterocycles. The van der Waals surface area contributed by atoms with E-state index in [0.29, 0.717) is 36.1 Å². The van der Waals surface area contributed by atoms with Gasteiger partial charge >= 0.3 is 0 Å². The quantitative estimate of drug-likeness (QED) is 0.931. The predicted octanol–water partition coefficient (Wildman–Crippen LogP) is 1.61. The summed E-state index contributed by atoms with van der Waals surface area (Å²) in [5.41, 5.74) is 0.845. The van der Waals surface area contributed by atoms with Crippen molar-refractivity contribution < 1.29 is 14.3 Å². The lowest BCUT2D eigenvalue weighted by atomic mass is 10.3. The van der Waals surface area contributed by atoms with E-state index in [0.717, 1.165) is 10.6 Å². The molecule has 0 aliphatic carbocycles. The maximum Gasteiger partial charge on any atom is 0.265 e. The van der Waals surface area contributed by atoms with Gasteiger partial charge in [0.05, 0.1) is 17.1 Å². The number of aryl methyl sites for hydroxylation is 1. The number of thiophene rings is 1. The molecule has 3 rings (SSSR count). The van der Waals surface area contributed by atoms with E-state index in [9.17, 15) is 4.79 Å². The normalized spacial score (nSPS) is 13.3. The van der Waals surface area contributed by atoms with Crippen LogP contribution in [-0.2, 0) is 6.54 Å². The minimum Gasteiger partial charge on any atom is -0.485 e. The van der Waals surface area contributed by atoms with Crippen molar-refractivity contribution in [2.45, 2.75) is 13.5 Å². The second-order valence-electron chi connectivity index (χ2n) is 3.92. The van der Waals surface area contributed by atoms with Crippen LogP contribution in [0.4, 0.5) is 0 Å². The van der Waals surface area contributed by atoms with Crippen LogP contribution in [0.15, 0.2) is 5.38 Å². The number of hydrogen-bond acceptors (Lipinski definition) is 7. The Labute approximate surface area is 117 Å². The minimum absolute atomic E-state index is 0.162. The number of aromatic nitrogens is 2. The van der Waals surface area contributed by atoms with Crippen LogP contribution < -0.4 is 14.8 Å². The summed E-state index contributed by atoms with van der Waals surface area (Å²) in [6.07, 6.45) is 0. The van der Waals surface area contributed by atoms with E-state index in [2.05, 4.69) is 14.9 Å². The molecular weight excluding hydrogens is 286 g/mol. The fourth-order valence-corrected chi connectivity index (χ4v) is 3.09. The van der Waals surface area contributed by atoms with Crippen LogP contribution in [-0.4, -0.2) is 28.7 Å². The highest BCUT2D eigenvalue weighted by Crippen LogP contribution is 2.39. The van der Waals surface area contributed by atoms with Gasteiger partial charge in [-0.25, -0.2) is 0 Å². The second kappa shape index (κ2) is 5.14. The molecule has 1 amide bonds. The summed E-state index contributed by atoms with van der Waals surface area (Å²) in [4.78, 5) is 13.6. The molecule has 2 aromatic rings. The Bertz CT molecular complexity index is 608. The van der Waals surface area contributed by atoms with Crippen LogP contribution in [0, 0.1) is 6.92 Å². The smallest absolute Gasteiger partial charge is 0.265 e. The number of carbonyl (C=O) groups excluding carboxylic acids is 1. The van der Waals surface area contributed by atoms with Gasteiger partial charge in [0.25, 0.3) is 5.91 Å². The van der Waals surface area contributed by atoms with Crippen molar-refractivity contribution >= 4 is 28.8 Å². The third-order valence-electron chi connectivity index (χ3n) is 2.66. The number of fused-ring (bicyclic) bond motifs is 1. The number of nitrogens with one attached hydrogen (secondary N) is 1. The van der Waals surface area contributed by atoms with Crippen molar-refractivity contribution in [1.82, 2.24) is 14.9 Å². The summed E-state index contributed by atoms with van der Waals surface area (Å²) in [7, 11) is 0. The minimum atomic E-state index is -0.162. The summed E-state index contributed by atoms with van der Waals surface area (Å²) in [6, 6.07) is 0. The molecule has 19 heavy (non-hydrogen) atoms. The van der Waals surface area contributed by atoms with E-state index < -0.39 is 0 Å². The predicted molar refractivity (Wildman–Crippen MR) is 71.1 cm³/mol. The Hall–Kier alpha value is -1.67. The maximum atomic E-state index is 12.1. The molecule has 1 aliphatic rings. The van der Waals surface area contributed by atoms with Crippen LogP contribution in [0.25, 0.3) is 0 Å². The first kappa shape index (κ1) is 12.4. The summed E-state index contributed by atoms with van der Waals surface area (Å²) >= 11 is 2.61. The first-order chi connectivity index (χ1) is 9.25. The number of hydrogen-bond donors (Lipinski definition) is 1. The highest BCUT2D eigenvalue weighted by molar-refractivity contribution is 7.12. The average Bonchev–Trinajstić information content (AvgIpc) is 3.02. The van der Waals surface area contributed by atoms with E-state index in [4.69, 9.17) is 9.47 Å². The molecule has 1 N–H and O–H groups in total. The van der Waals surface area contributed by atoms with Gasteiger partial charge in [-0.2, -0.15) is 0 Å². The van der Waals surface area contributed by atoms with E-state index in [1.165, 1.54) is 22.9 Å².